The number of amides is 2. The summed E-state index contributed by atoms with van der Waals surface area (Å²) in [6, 6.07) is 17.2. The molecule has 1 heterocycles. The van der Waals surface area contributed by atoms with Crippen molar-refractivity contribution in [1.29, 1.82) is 0 Å². The van der Waals surface area contributed by atoms with Gasteiger partial charge in [-0.3, -0.25) is 9.59 Å². The van der Waals surface area contributed by atoms with Crippen molar-refractivity contribution >= 4 is 29.3 Å². The molecule has 0 unspecified atom stereocenters. The first-order valence-corrected chi connectivity index (χ1v) is 12.0. The number of aromatic nitrogens is 3. The van der Waals surface area contributed by atoms with E-state index < -0.39 is 0 Å². The minimum atomic E-state index is -0.192. The van der Waals surface area contributed by atoms with Crippen LogP contribution in [0.1, 0.15) is 43.0 Å². The van der Waals surface area contributed by atoms with Gasteiger partial charge in [0.05, 0.1) is 17.0 Å². The molecule has 1 saturated carbocycles. The molecule has 2 amide bonds. The highest BCUT2D eigenvalue weighted by atomic mass is 32.2. The van der Waals surface area contributed by atoms with Gasteiger partial charge in [-0.25, -0.2) is 0 Å². The van der Waals surface area contributed by atoms with Gasteiger partial charge in [-0.2, -0.15) is 0 Å². The maximum absolute atomic E-state index is 12.7. The predicted molar refractivity (Wildman–Crippen MR) is 127 cm³/mol. The number of nitrogens with one attached hydrogen (secondary N) is 2. The number of anilines is 1. The molecular formula is C24H27N5O2S. The van der Waals surface area contributed by atoms with Gasteiger partial charge in [0.1, 0.15) is 0 Å². The number of thioether (sulfide) groups is 1. The highest BCUT2D eigenvalue weighted by Gasteiger charge is 2.20. The summed E-state index contributed by atoms with van der Waals surface area (Å²) in [6.45, 7) is 2.73. The van der Waals surface area contributed by atoms with Gasteiger partial charge in [0.2, 0.25) is 5.91 Å². The third-order valence-electron chi connectivity index (χ3n) is 5.53. The highest BCUT2D eigenvalue weighted by molar-refractivity contribution is 7.99. The van der Waals surface area contributed by atoms with E-state index in [0.29, 0.717) is 23.0 Å². The molecular weight excluding hydrogens is 422 g/mol. The molecule has 3 aromatic rings. The molecule has 0 radical (unpaired) electrons. The monoisotopic (exact) mass is 449 g/mol. The van der Waals surface area contributed by atoms with Crippen LogP contribution >= 0.6 is 11.8 Å². The van der Waals surface area contributed by atoms with E-state index in [1.807, 2.05) is 54.0 Å². The van der Waals surface area contributed by atoms with Crippen LogP contribution in [0.25, 0.3) is 11.4 Å². The van der Waals surface area contributed by atoms with Gasteiger partial charge in [-0.15, -0.1) is 10.2 Å². The summed E-state index contributed by atoms with van der Waals surface area (Å²) in [7, 11) is 0. The number of carbonyl (C=O) groups excluding carboxylic acids is 2. The zero-order valence-corrected chi connectivity index (χ0v) is 18.9. The Hall–Kier alpha value is -3.13. The lowest BCUT2D eigenvalue weighted by molar-refractivity contribution is -0.113. The summed E-state index contributed by atoms with van der Waals surface area (Å²) in [5.74, 6) is 0.623. The fourth-order valence-electron chi connectivity index (χ4n) is 3.92. The van der Waals surface area contributed by atoms with E-state index >= 15 is 0 Å². The molecule has 32 heavy (non-hydrogen) atoms. The molecule has 0 saturated heterocycles. The second-order valence-corrected chi connectivity index (χ2v) is 8.70. The summed E-state index contributed by atoms with van der Waals surface area (Å²) in [4.78, 5) is 25.4. The Kier molecular flexibility index (Phi) is 7.21. The normalized spacial score (nSPS) is 13.8. The fraction of sp³-hybridized carbons (Fsp3) is 0.333. The van der Waals surface area contributed by atoms with E-state index in [0.717, 1.165) is 37.1 Å². The van der Waals surface area contributed by atoms with E-state index in [1.54, 1.807) is 12.1 Å². The van der Waals surface area contributed by atoms with Crippen LogP contribution in [0.2, 0.25) is 0 Å². The molecule has 1 aliphatic carbocycles. The van der Waals surface area contributed by atoms with E-state index in [2.05, 4.69) is 20.8 Å². The van der Waals surface area contributed by atoms with Gasteiger partial charge in [-0.1, -0.05) is 67.1 Å². The molecule has 0 bridgehead atoms. The van der Waals surface area contributed by atoms with E-state index in [-0.39, 0.29) is 23.6 Å². The van der Waals surface area contributed by atoms with Crippen LogP contribution in [0.3, 0.4) is 0 Å². The Bertz CT molecular complexity index is 1080. The molecule has 4 rings (SSSR count). The zero-order chi connectivity index (χ0) is 22.3. The quantitative estimate of drug-likeness (QED) is 0.499. The summed E-state index contributed by atoms with van der Waals surface area (Å²) in [5, 5.41) is 15.2. The van der Waals surface area contributed by atoms with Crippen LogP contribution in [-0.2, 0) is 11.3 Å². The molecule has 2 aromatic carbocycles. The first-order valence-electron chi connectivity index (χ1n) is 11.0. The Labute approximate surface area is 192 Å². The van der Waals surface area contributed by atoms with Gasteiger partial charge < -0.3 is 15.2 Å². The van der Waals surface area contributed by atoms with E-state index in [9.17, 15) is 9.59 Å². The molecule has 0 atom stereocenters. The average Bonchev–Trinajstić information content (AvgIpc) is 3.48. The van der Waals surface area contributed by atoms with Crippen molar-refractivity contribution < 1.29 is 9.59 Å². The standard InChI is InChI=1S/C24H27N5O2S/c1-2-29-22(17-10-4-3-5-11-17)27-28-24(29)32-16-21(30)26-20-15-9-8-14-19(20)23(31)25-18-12-6-7-13-18/h3-5,8-11,14-15,18H,2,6-7,12-13,16H2,1H3,(H,25,31)(H,26,30). The van der Waals surface area contributed by atoms with Crippen LogP contribution in [0.5, 0.6) is 0 Å². The number of para-hydroxylation sites is 1. The van der Waals surface area contributed by atoms with Crippen LogP contribution in [0.15, 0.2) is 59.8 Å². The number of nitrogens with zero attached hydrogens (tertiary/aromatic N) is 3. The minimum absolute atomic E-state index is 0.140. The largest absolute Gasteiger partial charge is 0.349 e. The van der Waals surface area contributed by atoms with E-state index in [1.165, 1.54) is 11.8 Å². The van der Waals surface area contributed by atoms with Crippen molar-refractivity contribution in [2.24, 2.45) is 0 Å². The Balaban J connectivity index is 1.40. The fourth-order valence-corrected chi connectivity index (χ4v) is 4.72. The third kappa shape index (κ3) is 5.19. The van der Waals surface area contributed by atoms with Crippen molar-refractivity contribution in [3.8, 4) is 11.4 Å². The lowest BCUT2D eigenvalue weighted by Crippen LogP contribution is -2.33. The smallest absolute Gasteiger partial charge is 0.253 e. The summed E-state index contributed by atoms with van der Waals surface area (Å²) < 4.78 is 2.00. The van der Waals surface area contributed by atoms with Crippen LogP contribution < -0.4 is 10.6 Å². The summed E-state index contributed by atoms with van der Waals surface area (Å²) in [6.07, 6.45) is 4.32. The van der Waals surface area contributed by atoms with Gasteiger partial charge in [-0.05, 0) is 31.9 Å². The van der Waals surface area contributed by atoms with Gasteiger partial charge >= 0.3 is 0 Å². The molecule has 0 aliphatic heterocycles. The Morgan fingerprint density at radius 3 is 2.50 bits per heavy atom. The van der Waals surface area contributed by atoms with Crippen LogP contribution in [0.4, 0.5) is 5.69 Å². The maximum Gasteiger partial charge on any atom is 0.253 e. The summed E-state index contributed by atoms with van der Waals surface area (Å²) in [5.41, 5.74) is 2.00. The lowest BCUT2D eigenvalue weighted by Gasteiger charge is -2.15. The number of hydrogen-bond acceptors (Lipinski definition) is 5. The third-order valence-corrected chi connectivity index (χ3v) is 6.50. The summed E-state index contributed by atoms with van der Waals surface area (Å²) >= 11 is 1.33. The van der Waals surface area contributed by atoms with Crippen molar-refractivity contribution in [2.75, 3.05) is 11.1 Å². The Morgan fingerprint density at radius 2 is 1.75 bits per heavy atom. The molecule has 8 heteroatoms. The zero-order valence-electron chi connectivity index (χ0n) is 18.1. The van der Waals surface area contributed by atoms with Gasteiger partial charge in [0, 0.05) is 18.2 Å². The lowest BCUT2D eigenvalue weighted by atomic mass is 10.1. The SMILES string of the molecule is CCn1c(SCC(=O)Nc2ccccc2C(=O)NC2CCCC2)nnc1-c1ccccc1. The number of hydrogen-bond donors (Lipinski definition) is 2. The van der Waals surface area contributed by atoms with Gasteiger partial charge in [0.15, 0.2) is 11.0 Å². The number of benzene rings is 2. The van der Waals surface area contributed by atoms with Crippen LogP contribution in [-0.4, -0.2) is 38.4 Å². The molecule has 1 aliphatic rings. The second kappa shape index (κ2) is 10.5. The molecule has 166 valence electrons. The molecule has 0 spiro atoms. The van der Waals surface area contributed by atoms with Gasteiger partial charge in [0.25, 0.3) is 5.91 Å². The number of carbonyl (C=O) groups is 2. The van der Waals surface area contributed by atoms with Crippen LogP contribution in [0, 0.1) is 0 Å². The average molecular weight is 450 g/mol. The molecule has 1 aromatic heterocycles. The predicted octanol–water partition coefficient (Wildman–Crippen LogP) is 4.37. The van der Waals surface area contributed by atoms with Crippen molar-refractivity contribution in [3.63, 3.8) is 0 Å². The molecule has 2 N–H and O–H groups in total. The number of rotatable bonds is 8. The van der Waals surface area contributed by atoms with Crippen molar-refractivity contribution in [1.82, 2.24) is 20.1 Å². The van der Waals surface area contributed by atoms with E-state index in [4.69, 9.17) is 0 Å². The van der Waals surface area contributed by atoms with Crippen molar-refractivity contribution in [2.45, 2.75) is 50.4 Å². The maximum atomic E-state index is 12.7. The Morgan fingerprint density at radius 1 is 1.03 bits per heavy atom. The molecule has 1 fully saturated rings. The minimum Gasteiger partial charge on any atom is -0.349 e. The highest BCUT2D eigenvalue weighted by Crippen LogP contribution is 2.24. The van der Waals surface area contributed by atoms with Crippen molar-refractivity contribution in [3.05, 3.63) is 60.2 Å². The molecule has 7 nitrogen and oxygen atoms in total. The second-order valence-electron chi connectivity index (χ2n) is 7.75. The topological polar surface area (TPSA) is 88.9 Å². The first-order chi connectivity index (χ1) is 15.7. The first kappa shape index (κ1) is 22.1.